The van der Waals surface area contributed by atoms with Crippen LogP contribution in [0.4, 0.5) is 16.8 Å². The summed E-state index contributed by atoms with van der Waals surface area (Å²) in [6, 6.07) is 6.51. The van der Waals surface area contributed by atoms with Gasteiger partial charge in [0.1, 0.15) is 0 Å². The van der Waals surface area contributed by atoms with E-state index in [4.69, 9.17) is 5.73 Å². The molecule has 1 aliphatic rings. The Balaban J connectivity index is 1.71. The largest absolute Gasteiger partial charge is 0.368 e. The van der Waals surface area contributed by atoms with Crippen LogP contribution in [0.3, 0.4) is 0 Å². The van der Waals surface area contributed by atoms with Crippen molar-refractivity contribution in [3.05, 3.63) is 29.3 Å². The second-order valence-electron chi connectivity index (χ2n) is 5.13. The van der Waals surface area contributed by atoms with E-state index in [-0.39, 0.29) is 0 Å². The van der Waals surface area contributed by atoms with E-state index in [0.717, 1.165) is 31.3 Å². The predicted octanol–water partition coefficient (Wildman–Crippen LogP) is 2.06. The number of rotatable bonds is 2. The summed E-state index contributed by atoms with van der Waals surface area (Å²) in [6.07, 6.45) is 0. The quantitative estimate of drug-likeness (QED) is 0.917. The number of nitrogens with two attached hydrogens (primary N) is 1. The number of benzene rings is 1. The lowest BCUT2D eigenvalue weighted by atomic mass is 10.1. The molecule has 20 heavy (non-hydrogen) atoms. The Kier molecular flexibility index (Phi) is 3.48. The molecule has 1 fully saturated rings. The minimum absolute atomic E-state index is 0.377. The first-order chi connectivity index (χ1) is 9.65. The van der Waals surface area contributed by atoms with E-state index in [1.165, 1.54) is 28.3 Å². The lowest BCUT2D eigenvalue weighted by Crippen LogP contribution is -2.46. The SMILES string of the molecule is Cc1cccc(N2CCN(c3nc(N)ns3)CC2)c1C. The summed E-state index contributed by atoms with van der Waals surface area (Å²) in [5, 5.41) is 0.933. The molecule has 1 aromatic carbocycles. The van der Waals surface area contributed by atoms with Crippen LogP contribution in [0.2, 0.25) is 0 Å². The molecule has 0 aliphatic carbocycles. The number of anilines is 3. The summed E-state index contributed by atoms with van der Waals surface area (Å²) in [6.45, 7) is 8.29. The molecule has 3 rings (SSSR count). The number of aryl methyl sites for hydroxylation is 1. The van der Waals surface area contributed by atoms with Gasteiger partial charge in [-0.1, -0.05) is 12.1 Å². The standard InChI is InChI=1S/C14H19N5S/c1-10-4-3-5-12(11(10)2)18-6-8-19(9-7-18)14-16-13(15)17-20-14/h3-5H,6-9H2,1-2H3,(H2,15,17). The Hall–Kier alpha value is -1.82. The van der Waals surface area contributed by atoms with Crippen LogP contribution in [0.25, 0.3) is 0 Å². The molecule has 6 heteroatoms. The highest BCUT2D eigenvalue weighted by molar-refractivity contribution is 7.09. The molecule has 1 aliphatic heterocycles. The number of hydrogen-bond acceptors (Lipinski definition) is 6. The van der Waals surface area contributed by atoms with E-state index in [1.54, 1.807) is 0 Å². The van der Waals surface area contributed by atoms with Gasteiger partial charge < -0.3 is 15.5 Å². The first kappa shape index (κ1) is 13.2. The van der Waals surface area contributed by atoms with Gasteiger partial charge in [0.05, 0.1) is 0 Å². The highest BCUT2D eigenvalue weighted by Gasteiger charge is 2.21. The summed E-state index contributed by atoms with van der Waals surface area (Å²) in [5.41, 5.74) is 9.66. The van der Waals surface area contributed by atoms with E-state index >= 15 is 0 Å². The van der Waals surface area contributed by atoms with Crippen molar-refractivity contribution < 1.29 is 0 Å². The molecule has 1 aromatic heterocycles. The number of piperazine rings is 1. The van der Waals surface area contributed by atoms with Crippen molar-refractivity contribution in [2.45, 2.75) is 13.8 Å². The first-order valence-electron chi connectivity index (χ1n) is 6.80. The van der Waals surface area contributed by atoms with E-state index in [9.17, 15) is 0 Å². The molecular formula is C14H19N5S. The van der Waals surface area contributed by atoms with Gasteiger partial charge in [0.2, 0.25) is 11.1 Å². The van der Waals surface area contributed by atoms with Crippen molar-refractivity contribution in [3.63, 3.8) is 0 Å². The van der Waals surface area contributed by atoms with Crippen LogP contribution in [0.1, 0.15) is 11.1 Å². The molecule has 106 valence electrons. The van der Waals surface area contributed by atoms with E-state index < -0.39 is 0 Å². The third-order valence-electron chi connectivity index (χ3n) is 3.90. The normalized spacial score (nSPS) is 15.7. The molecule has 0 spiro atoms. The fourth-order valence-corrected chi connectivity index (χ4v) is 3.22. The lowest BCUT2D eigenvalue weighted by molar-refractivity contribution is 0.651. The number of nitrogens with zero attached hydrogens (tertiary/aromatic N) is 4. The van der Waals surface area contributed by atoms with Crippen molar-refractivity contribution >= 4 is 28.3 Å². The second-order valence-corrected chi connectivity index (χ2v) is 5.86. The number of nitrogen functional groups attached to an aromatic ring is 1. The lowest BCUT2D eigenvalue weighted by Gasteiger charge is -2.36. The average Bonchev–Trinajstić information content (AvgIpc) is 2.89. The minimum Gasteiger partial charge on any atom is -0.368 e. The molecule has 0 radical (unpaired) electrons. The Morgan fingerprint density at radius 2 is 1.80 bits per heavy atom. The van der Waals surface area contributed by atoms with Gasteiger partial charge in [-0.2, -0.15) is 9.36 Å². The molecule has 2 N–H and O–H groups in total. The molecule has 0 bridgehead atoms. The van der Waals surface area contributed by atoms with Gasteiger partial charge >= 0.3 is 0 Å². The first-order valence-corrected chi connectivity index (χ1v) is 7.58. The van der Waals surface area contributed by atoms with Crippen LogP contribution in [-0.2, 0) is 0 Å². The van der Waals surface area contributed by atoms with Gasteiger partial charge in [-0.15, -0.1) is 0 Å². The molecule has 0 saturated carbocycles. The van der Waals surface area contributed by atoms with Gasteiger partial charge in [-0.05, 0) is 31.0 Å². The summed E-state index contributed by atoms with van der Waals surface area (Å²) in [4.78, 5) is 8.96. The van der Waals surface area contributed by atoms with Gasteiger partial charge in [0, 0.05) is 43.4 Å². The van der Waals surface area contributed by atoms with Crippen molar-refractivity contribution in [1.82, 2.24) is 9.36 Å². The Labute approximate surface area is 123 Å². The van der Waals surface area contributed by atoms with Crippen LogP contribution in [-0.4, -0.2) is 35.5 Å². The van der Waals surface area contributed by atoms with Crippen molar-refractivity contribution in [2.24, 2.45) is 0 Å². The van der Waals surface area contributed by atoms with Crippen molar-refractivity contribution in [1.29, 1.82) is 0 Å². The number of aromatic nitrogens is 2. The molecule has 1 saturated heterocycles. The summed E-state index contributed by atoms with van der Waals surface area (Å²) in [5.74, 6) is 0.377. The van der Waals surface area contributed by atoms with Gasteiger partial charge in [-0.3, -0.25) is 0 Å². The zero-order valence-corrected chi connectivity index (χ0v) is 12.7. The van der Waals surface area contributed by atoms with Crippen LogP contribution >= 0.6 is 11.5 Å². The summed E-state index contributed by atoms with van der Waals surface area (Å²) >= 11 is 1.38. The van der Waals surface area contributed by atoms with Crippen LogP contribution in [0.5, 0.6) is 0 Å². The van der Waals surface area contributed by atoms with E-state index in [2.05, 4.69) is 51.2 Å². The molecular weight excluding hydrogens is 270 g/mol. The second kappa shape index (κ2) is 5.28. The highest BCUT2D eigenvalue weighted by atomic mass is 32.1. The molecule has 0 atom stereocenters. The maximum absolute atomic E-state index is 5.59. The molecule has 2 aromatic rings. The summed E-state index contributed by atoms with van der Waals surface area (Å²) < 4.78 is 4.05. The van der Waals surface area contributed by atoms with Crippen LogP contribution in [0.15, 0.2) is 18.2 Å². The third-order valence-corrected chi connectivity index (χ3v) is 4.69. The van der Waals surface area contributed by atoms with Crippen molar-refractivity contribution in [3.8, 4) is 0 Å². The maximum atomic E-state index is 5.59. The summed E-state index contributed by atoms with van der Waals surface area (Å²) in [7, 11) is 0. The van der Waals surface area contributed by atoms with Gasteiger partial charge in [-0.25, -0.2) is 0 Å². The molecule has 0 amide bonds. The maximum Gasteiger partial charge on any atom is 0.233 e. The molecule has 5 nitrogen and oxygen atoms in total. The van der Waals surface area contributed by atoms with Gasteiger partial charge in [0.15, 0.2) is 0 Å². The number of hydrogen-bond donors (Lipinski definition) is 1. The third kappa shape index (κ3) is 2.43. The Morgan fingerprint density at radius 3 is 2.45 bits per heavy atom. The average molecular weight is 289 g/mol. The monoisotopic (exact) mass is 289 g/mol. The van der Waals surface area contributed by atoms with Gasteiger partial charge in [0.25, 0.3) is 0 Å². The fraction of sp³-hybridized carbons (Fsp3) is 0.429. The predicted molar refractivity (Wildman–Crippen MR) is 84.7 cm³/mol. The minimum atomic E-state index is 0.377. The topological polar surface area (TPSA) is 58.3 Å². The molecule has 0 unspecified atom stereocenters. The zero-order valence-electron chi connectivity index (χ0n) is 11.8. The molecule has 2 heterocycles. The zero-order chi connectivity index (χ0) is 14.1. The Morgan fingerprint density at radius 1 is 1.10 bits per heavy atom. The van der Waals surface area contributed by atoms with E-state index in [1.807, 2.05) is 0 Å². The fourth-order valence-electron chi connectivity index (χ4n) is 2.57. The van der Waals surface area contributed by atoms with E-state index in [0.29, 0.717) is 5.95 Å². The van der Waals surface area contributed by atoms with Crippen molar-refractivity contribution in [2.75, 3.05) is 41.7 Å². The Bertz CT molecular complexity index is 601. The smallest absolute Gasteiger partial charge is 0.233 e. The van der Waals surface area contributed by atoms with Crippen LogP contribution in [0, 0.1) is 13.8 Å². The highest BCUT2D eigenvalue weighted by Crippen LogP contribution is 2.26. The van der Waals surface area contributed by atoms with Crippen LogP contribution < -0.4 is 15.5 Å².